The summed E-state index contributed by atoms with van der Waals surface area (Å²) in [5.41, 5.74) is 1.92. The maximum atomic E-state index is 11.9. The first-order valence-electron chi connectivity index (χ1n) is 7.54. The van der Waals surface area contributed by atoms with Gasteiger partial charge in [0.2, 0.25) is 5.91 Å². The van der Waals surface area contributed by atoms with Crippen molar-refractivity contribution in [2.24, 2.45) is 11.8 Å². The third kappa shape index (κ3) is 3.17. The van der Waals surface area contributed by atoms with E-state index in [4.69, 9.17) is 5.11 Å². The second-order valence-corrected chi connectivity index (χ2v) is 5.87. The number of carbonyl (C=O) groups is 2. The minimum absolute atomic E-state index is 0.187. The Morgan fingerprint density at radius 1 is 1.05 bits per heavy atom. The number of carboxylic acids is 1. The van der Waals surface area contributed by atoms with Crippen LogP contribution in [0, 0.1) is 11.8 Å². The van der Waals surface area contributed by atoms with Crippen molar-refractivity contribution in [2.45, 2.75) is 25.7 Å². The summed E-state index contributed by atoms with van der Waals surface area (Å²) in [5, 5.41) is 11.6. The van der Waals surface area contributed by atoms with E-state index in [1.807, 2.05) is 24.3 Å². The van der Waals surface area contributed by atoms with Crippen molar-refractivity contribution in [3.63, 3.8) is 0 Å². The zero-order chi connectivity index (χ0) is 14.8. The normalized spacial score (nSPS) is 24.5. The van der Waals surface area contributed by atoms with Gasteiger partial charge in [0.25, 0.3) is 0 Å². The fourth-order valence-corrected chi connectivity index (χ4v) is 2.90. The van der Waals surface area contributed by atoms with Crippen LogP contribution in [0.3, 0.4) is 0 Å². The van der Waals surface area contributed by atoms with Gasteiger partial charge in [0, 0.05) is 24.5 Å². The molecule has 1 heterocycles. The van der Waals surface area contributed by atoms with Crippen LogP contribution >= 0.6 is 0 Å². The van der Waals surface area contributed by atoms with E-state index in [9.17, 15) is 9.59 Å². The van der Waals surface area contributed by atoms with Gasteiger partial charge in [-0.1, -0.05) is 0 Å². The van der Waals surface area contributed by atoms with Crippen LogP contribution in [0.2, 0.25) is 0 Å². The van der Waals surface area contributed by atoms with E-state index < -0.39 is 11.9 Å². The predicted octanol–water partition coefficient (Wildman–Crippen LogP) is 2.34. The van der Waals surface area contributed by atoms with Crippen molar-refractivity contribution in [3.8, 4) is 0 Å². The Kier molecular flexibility index (Phi) is 3.82. The van der Waals surface area contributed by atoms with Gasteiger partial charge in [-0.25, -0.2) is 0 Å². The molecule has 5 heteroatoms. The Bertz CT molecular complexity index is 535. The molecule has 0 bridgehead atoms. The molecule has 1 aliphatic carbocycles. The van der Waals surface area contributed by atoms with Crippen LogP contribution in [0.15, 0.2) is 24.3 Å². The van der Waals surface area contributed by atoms with Crippen LogP contribution in [0.1, 0.15) is 25.7 Å². The summed E-state index contributed by atoms with van der Waals surface area (Å²) in [5.74, 6) is -1.94. The fraction of sp³-hybridized carbons (Fsp3) is 0.500. The molecule has 0 aromatic heterocycles. The molecule has 0 spiro atoms. The summed E-state index contributed by atoms with van der Waals surface area (Å²) in [6, 6.07) is 7.81. The van der Waals surface area contributed by atoms with Gasteiger partial charge in [0.1, 0.15) is 0 Å². The SMILES string of the molecule is O=C(O)[C@H]1C[C@H]1C(=O)Nc1ccc(N2CCCCC2)cc1. The highest BCUT2D eigenvalue weighted by atomic mass is 16.4. The number of rotatable bonds is 4. The van der Waals surface area contributed by atoms with Crippen LogP contribution < -0.4 is 10.2 Å². The number of hydrogen-bond acceptors (Lipinski definition) is 3. The van der Waals surface area contributed by atoms with Crippen LogP contribution in [0.4, 0.5) is 11.4 Å². The topological polar surface area (TPSA) is 69.6 Å². The smallest absolute Gasteiger partial charge is 0.307 e. The van der Waals surface area contributed by atoms with E-state index in [0.717, 1.165) is 18.8 Å². The average molecular weight is 288 g/mol. The quantitative estimate of drug-likeness (QED) is 0.892. The van der Waals surface area contributed by atoms with Gasteiger partial charge in [-0.3, -0.25) is 9.59 Å². The summed E-state index contributed by atoms with van der Waals surface area (Å²) >= 11 is 0. The number of carboxylic acid groups (broad SMARTS) is 1. The minimum Gasteiger partial charge on any atom is -0.481 e. The highest BCUT2D eigenvalue weighted by molar-refractivity contribution is 5.98. The Labute approximate surface area is 123 Å². The van der Waals surface area contributed by atoms with Crippen molar-refractivity contribution in [1.29, 1.82) is 0 Å². The molecule has 112 valence electrons. The third-order valence-electron chi connectivity index (χ3n) is 4.30. The van der Waals surface area contributed by atoms with Crippen molar-refractivity contribution < 1.29 is 14.7 Å². The van der Waals surface area contributed by atoms with Crippen LogP contribution in [-0.4, -0.2) is 30.1 Å². The fourth-order valence-electron chi connectivity index (χ4n) is 2.90. The second-order valence-electron chi connectivity index (χ2n) is 5.87. The summed E-state index contributed by atoms with van der Waals surface area (Å²) in [6.07, 6.45) is 4.22. The van der Waals surface area contributed by atoms with Gasteiger partial charge in [-0.05, 0) is 49.9 Å². The number of nitrogens with one attached hydrogen (secondary N) is 1. The van der Waals surface area contributed by atoms with Gasteiger partial charge >= 0.3 is 5.97 Å². The molecule has 1 saturated carbocycles. The van der Waals surface area contributed by atoms with E-state index in [1.54, 1.807) is 0 Å². The number of amides is 1. The Morgan fingerprint density at radius 2 is 1.71 bits per heavy atom. The lowest BCUT2D eigenvalue weighted by Gasteiger charge is -2.28. The van der Waals surface area contributed by atoms with Gasteiger partial charge in [-0.2, -0.15) is 0 Å². The van der Waals surface area contributed by atoms with Crippen LogP contribution in [0.5, 0.6) is 0 Å². The van der Waals surface area contributed by atoms with Crippen LogP contribution in [-0.2, 0) is 9.59 Å². The number of anilines is 2. The molecule has 5 nitrogen and oxygen atoms in total. The van der Waals surface area contributed by atoms with Gasteiger partial charge in [-0.15, -0.1) is 0 Å². The number of carbonyl (C=O) groups excluding carboxylic acids is 1. The number of benzene rings is 1. The number of piperidine rings is 1. The number of aliphatic carboxylic acids is 1. The second kappa shape index (κ2) is 5.76. The Morgan fingerprint density at radius 3 is 2.29 bits per heavy atom. The zero-order valence-corrected chi connectivity index (χ0v) is 11.9. The molecule has 21 heavy (non-hydrogen) atoms. The van der Waals surface area contributed by atoms with Gasteiger partial charge in [0.05, 0.1) is 11.8 Å². The van der Waals surface area contributed by atoms with E-state index >= 15 is 0 Å². The first kappa shape index (κ1) is 13.9. The summed E-state index contributed by atoms with van der Waals surface area (Å²) < 4.78 is 0. The number of nitrogens with zero attached hydrogens (tertiary/aromatic N) is 1. The molecular weight excluding hydrogens is 268 g/mol. The third-order valence-corrected chi connectivity index (χ3v) is 4.30. The predicted molar refractivity (Wildman–Crippen MR) is 80.4 cm³/mol. The van der Waals surface area contributed by atoms with Crippen molar-refractivity contribution in [1.82, 2.24) is 0 Å². The Balaban J connectivity index is 1.57. The van der Waals surface area contributed by atoms with Crippen molar-refractivity contribution in [3.05, 3.63) is 24.3 Å². The maximum Gasteiger partial charge on any atom is 0.307 e. The van der Waals surface area contributed by atoms with E-state index in [-0.39, 0.29) is 11.8 Å². The molecule has 3 rings (SSSR count). The minimum atomic E-state index is -0.879. The molecule has 1 aliphatic heterocycles. The maximum absolute atomic E-state index is 11.9. The molecule has 1 aromatic rings. The molecule has 2 fully saturated rings. The summed E-state index contributed by atoms with van der Waals surface area (Å²) in [6.45, 7) is 2.18. The van der Waals surface area contributed by atoms with E-state index in [0.29, 0.717) is 6.42 Å². The average Bonchev–Trinajstić information content (AvgIpc) is 3.30. The molecule has 1 amide bonds. The molecule has 2 atom stereocenters. The molecular formula is C16H20N2O3. The Hall–Kier alpha value is -2.04. The summed E-state index contributed by atoms with van der Waals surface area (Å²) in [7, 11) is 0. The standard InChI is InChI=1S/C16H20N2O3/c19-15(13-10-14(13)16(20)21)17-11-4-6-12(7-5-11)18-8-2-1-3-9-18/h4-7,13-14H,1-3,8-10H2,(H,17,19)(H,20,21)/t13-,14+/m1/s1. The first-order valence-corrected chi connectivity index (χ1v) is 7.54. The highest BCUT2D eigenvalue weighted by Crippen LogP contribution is 2.39. The van der Waals surface area contributed by atoms with Gasteiger partial charge < -0.3 is 15.3 Å². The molecule has 1 saturated heterocycles. The lowest BCUT2D eigenvalue weighted by Crippen LogP contribution is -2.29. The van der Waals surface area contributed by atoms with E-state index in [2.05, 4.69) is 10.2 Å². The van der Waals surface area contributed by atoms with Crippen LogP contribution in [0.25, 0.3) is 0 Å². The lowest BCUT2D eigenvalue weighted by molar-refractivity contribution is -0.139. The highest BCUT2D eigenvalue weighted by Gasteiger charge is 2.48. The van der Waals surface area contributed by atoms with Crippen molar-refractivity contribution >= 4 is 23.3 Å². The molecule has 0 unspecified atom stereocenters. The number of hydrogen-bond donors (Lipinski definition) is 2. The monoisotopic (exact) mass is 288 g/mol. The molecule has 2 aliphatic rings. The van der Waals surface area contributed by atoms with E-state index in [1.165, 1.54) is 24.9 Å². The van der Waals surface area contributed by atoms with Crippen molar-refractivity contribution in [2.75, 3.05) is 23.3 Å². The molecule has 0 radical (unpaired) electrons. The summed E-state index contributed by atoms with van der Waals surface area (Å²) in [4.78, 5) is 25.0. The molecule has 2 N–H and O–H groups in total. The molecule has 1 aromatic carbocycles. The largest absolute Gasteiger partial charge is 0.481 e. The first-order chi connectivity index (χ1) is 10.1. The van der Waals surface area contributed by atoms with Gasteiger partial charge in [0.15, 0.2) is 0 Å². The lowest BCUT2D eigenvalue weighted by atomic mass is 10.1. The zero-order valence-electron chi connectivity index (χ0n) is 11.9.